The molecule has 0 saturated heterocycles. The number of nitrogens with one attached hydrogen (secondary N) is 1. The zero-order valence-corrected chi connectivity index (χ0v) is 14.1. The van der Waals surface area contributed by atoms with Gasteiger partial charge < -0.3 is 14.5 Å². The van der Waals surface area contributed by atoms with Gasteiger partial charge in [-0.1, -0.05) is 12.1 Å². The van der Waals surface area contributed by atoms with E-state index in [0.29, 0.717) is 17.9 Å². The Kier molecular flexibility index (Phi) is 5.49. The second-order valence-electron chi connectivity index (χ2n) is 5.70. The van der Waals surface area contributed by atoms with Crippen LogP contribution in [-0.2, 0) is 13.1 Å². The molecule has 0 fully saturated rings. The van der Waals surface area contributed by atoms with Crippen LogP contribution in [0.4, 0.5) is 13.2 Å². The summed E-state index contributed by atoms with van der Waals surface area (Å²) in [5.41, 5.74) is 0.603. The molecule has 6 nitrogen and oxygen atoms in total. The minimum absolute atomic E-state index is 0.0820. The normalized spacial score (nSPS) is 11.4. The Morgan fingerprint density at radius 2 is 2.07 bits per heavy atom. The van der Waals surface area contributed by atoms with Crippen LogP contribution in [0.5, 0.6) is 5.75 Å². The molecule has 2 aromatic heterocycles. The molecule has 0 saturated carbocycles. The predicted octanol–water partition coefficient (Wildman–Crippen LogP) is 3.40. The SMILES string of the molecule is O=C(NCc1cccc(OCC(F)(F)F)c1)c1ccc(Cn2cccn2)o1. The highest BCUT2D eigenvalue weighted by atomic mass is 19.4. The number of ether oxygens (including phenoxy) is 1. The van der Waals surface area contributed by atoms with Crippen LogP contribution in [0.2, 0.25) is 0 Å². The van der Waals surface area contributed by atoms with Gasteiger partial charge in [0.05, 0.1) is 6.54 Å². The van der Waals surface area contributed by atoms with E-state index in [1.807, 2.05) is 0 Å². The van der Waals surface area contributed by atoms with Crippen LogP contribution in [0.15, 0.2) is 59.3 Å². The average molecular weight is 379 g/mol. The molecule has 0 bridgehead atoms. The molecule has 0 radical (unpaired) electrons. The Bertz CT molecular complexity index is 889. The van der Waals surface area contributed by atoms with Crippen molar-refractivity contribution >= 4 is 5.91 Å². The summed E-state index contributed by atoms with van der Waals surface area (Å²) in [6.07, 6.45) is -0.989. The van der Waals surface area contributed by atoms with Crippen molar-refractivity contribution in [3.05, 3.63) is 71.9 Å². The van der Waals surface area contributed by atoms with E-state index in [4.69, 9.17) is 9.15 Å². The number of benzene rings is 1. The molecular formula is C18H16F3N3O3. The summed E-state index contributed by atoms with van der Waals surface area (Å²) in [7, 11) is 0. The third kappa shape index (κ3) is 5.63. The summed E-state index contributed by atoms with van der Waals surface area (Å²) in [6, 6.07) is 11.1. The first-order valence-electron chi connectivity index (χ1n) is 8.02. The van der Waals surface area contributed by atoms with Crippen LogP contribution in [0.25, 0.3) is 0 Å². The lowest BCUT2D eigenvalue weighted by molar-refractivity contribution is -0.153. The summed E-state index contributed by atoms with van der Waals surface area (Å²) in [6.45, 7) is -0.843. The maximum atomic E-state index is 12.2. The van der Waals surface area contributed by atoms with Crippen LogP contribution in [-0.4, -0.2) is 28.5 Å². The van der Waals surface area contributed by atoms with Gasteiger partial charge in [-0.2, -0.15) is 18.3 Å². The van der Waals surface area contributed by atoms with Crippen LogP contribution in [0.3, 0.4) is 0 Å². The molecule has 0 unspecified atom stereocenters. The zero-order chi connectivity index (χ0) is 19.3. The highest BCUT2D eigenvalue weighted by Gasteiger charge is 2.28. The molecule has 27 heavy (non-hydrogen) atoms. The highest BCUT2D eigenvalue weighted by molar-refractivity contribution is 5.91. The van der Waals surface area contributed by atoms with Gasteiger partial charge in [0, 0.05) is 18.9 Å². The molecule has 0 spiro atoms. The number of rotatable bonds is 7. The molecule has 0 aliphatic rings. The van der Waals surface area contributed by atoms with E-state index < -0.39 is 18.7 Å². The van der Waals surface area contributed by atoms with Crippen LogP contribution >= 0.6 is 0 Å². The fourth-order valence-electron chi connectivity index (χ4n) is 2.32. The van der Waals surface area contributed by atoms with Gasteiger partial charge in [-0.3, -0.25) is 9.48 Å². The molecule has 0 atom stereocenters. The van der Waals surface area contributed by atoms with E-state index in [2.05, 4.69) is 10.4 Å². The third-order valence-corrected chi connectivity index (χ3v) is 3.52. The lowest BCUT2D eigenvalue weighted by Gasteiger charge is -2.10. The molecule has 1 aromatic carbocycles. The van der Waals surface area contributed by atoms with Gasteiger partial charge in [-0.15, -0.1) is 0 Å². The summed E-state index contributed by atoms with van der Waals surface area (Å²) >= 11 is 0. The molecule has 1 N–H and O–H groups in total. The first-order chi connectivity index (χ1) is 12.9. The van der Waals surface area contributed by atoms with E-state index >= 15 is 0 Å². The minimum atomic E-state index is -4.41. The fraction of sp³-hybridized carbons (Fsp3) is 0.222. The van der Waals surface area contributed by atoms with Gasteiger partial charge in [0.15, 0.2) is 12.4 Å². The number of hydrogen-bond acceptors (Lipinski definition) is 4. The quantitative estimate of drug-likeness (QED) is 0.683. The van der Waals surface area contributed by atoms with Crippen molar-refractivity contribution < 1.29 is 27.1 Å². The monoisotopic (exact) mass is 379 g/mol. The van der Waals surface area contributed by atoms with E-state index in [0.717, 1.165) is 0 Å². The number of hydrogen-bond donors (Lipinski definition) is 1. The van der Waals surface area contributed by atoms with E-state index in [1.165, 1.54) is 12.1 Å². The predicted molar refractivity (Wildman–Crippen MR) is 89.2 cm³/mol. The number of furan rings is 1. The van der Waals surface area contributed by atoms with Crippen molar-refractivity contribution in [3.8, 4) is 5.75 Å². The molecule has 3 aromatic rings. The number of nitrogens with zero attached hydrogens (tertiary/aromatic N) is 2. The summed E-state index contributed by atoms with van der Waals surface area (Å²) in [5.74, 6) is 0.370. The van der Waals surface area contributed by atoms with Gasteiger partial charge in [0.25, 0.3) is 5.91 Å². The fourth-order valence-corrected chi connectivity index (χ4v) is 2.32. The van der Waals surface area contributed by atoms with Crippen molar-refractivity contribution in [3.63, 3.8) is 0 Å². The van der Waals surface area contributed by atoms with Crippen molar-refractivity contribution in [2.24, 2.45) is 0 Å². The first-order valence-corrected chi connectivity index (χ1v) is 8.02. The molecule has 1 amide bonds. The first kappa shape index (κ1) is 18.6. The summed E-state index contributed by atoms with van der Waals surface area (Å²) in [5, 5.41) is 6.71. The van der Waals surface area contributed by atoms with Crippen molar-refractivity contribution in [2.45, 2.75) is 19.3 Å². The number of aromatic nitrogens is 2. The number of amides is 1. The molecule has 142 valence electrons. The largest absolute Gasteiger partial charge is 0.484 e. The van der Waals surface area contributed by atoms with Gasteiger partial charge >= 0.3 is 6.18 Å². The highest BCUT2D eigenvalue weighted by Crippen LogP contribution is 2.19. The maximum absolute atomic E-state index is 12.2. The minimum Gasteiger partial charge on any atom is -0.484 e. The van der Waals surface area contributed by atoms with Crippen LogP contribution < -0.4 is 10.1 Å². The van der Waals surface area contributed by atoms with Crippen molar-refractivity contribution in [1.82, 2.24) is 15.1 Å². The number of halogens is 3. The molecular weight excluding hydrogens is 363 g/mol. The van der Waals surface area contributed by atoms with E-state index in [9.17, 15) is 18.0 Å². The second kappa shape index (κ2) is 7.98. The molecule has 0 aliphatic heterocycles. The molecule has 2 heterocycles. The van der Waals surface area contributed by atoms with Gasteiger partial charge in [-0.25, -0.2) is 0 Å². The Morgan fingerprint density at radius 1 is 1.22 bits per heavy atom. The van der Waals surface area contributed by atoms with E-state index in [1.54, 1.807) is 47.4 Å². The van der Waals surface area contributed by atoms with Crippen molar-refractivity contribution in [1.29, 1.82) is 0 Å². The number of alkyl halides is 3. The Morgan fingerprint density at radius 3 is 2.81 bits per heavy atom. The molecule has 3 rings (SSSR count). The molecule has 0 aliphatic carbocycles. The lowest BCUT2D eigenvalue weighted by Crippen LogP contribution is -2.22. The summed E-state index contributed by atoms with van der Waals surface area (Å²) in [4.78, 5) is 12.2. The Hall–Kier alpha value is -3.23. The smallest absolute Gasteiger partial charge is 0.422 e. The van der Waals surface area contributed by atoms with Gasteiger partial charge in [0.2, 0.25) is 0 Å². The van der Waals surface area contributed by atoms with E-state index in [-0.39, 0.29) is 18.1 Å². The second-order valence-corrected chi connectivity index (χ2v) is 5.70. The Labute approximate surface area is 152 Å². The summed E-state index contributed by atoms with van der Waals surface area (Å²) < 4.78 is 48.5. The Balaban J connectivity index is 1.54. The third-order valence-electron chi connectivity index (χ3n) is 3.52. The lowest BCUT2D eigenvalue weighted by atomic mass is 10.2. The average Bonchev–Trinajstić information content (AvgIpc) is 3.30. The van der Waals surface area contributed by atoms with Crippen LogP contribution in [0, 0.1) is 0 Å². The molecule has 9 heteroatoms. The van der Waals surface area contributed by atoms with Gasteiger partial charge in [-0.05, 0) is 35.9 Å². The maximum Gasteiger partial charge on any atom is 0.422 e. The standard InChI is InChI=1S/C18H16F3N3O3/c19-18(20,21)12-26-14-4-1-3-13(9-14)10-22-17(25)16-6-5-15(27-16)11-24-8-2-7-23-24/h1-9H,10-12H2,(H,22,25). The number of carbonyl (C=O) groups is 1. The van der Waals surface area contributed by atoms with Crippen LogP contribution in [0.1, 0.15) is 21.9 Å². The van der Waals surface area contributed by atoms with Gasteiger partial charge in [0.1, 0.15) is 11.5 Å². The van der Waals surface area contributed by atoms with Crippen molar-refractivity contribution in [2.75, 3.05) is 6.61 Å². The zero-order valence-electron chi connectivity index (χ0n) is 14.1. The number of carbonyl (C=O) groups excluding carboxylic acids is 1. The topological polar surface area (TPSA) is 69.3 Å².